The zero-order chi connectivity index (χ0) is 17.6. The lowest BCUT2D eigenvalue weighted by Crippen LogP contribution is -2.14. The molecule has 0 aliphatic rings. The van der Waals surface area contributed by atoms with Gasteiger partial charge in [0.1, 0.15) is 0 Å². The maximum atomic E-state index is 5.45. The van der Waals surface area contributed by atoms with Crippen LogP contribution < -0.4 is 0 Å². The first-order valence-corrected chi connectivity index (χ1v) is 10.1. The van der Waals surface area contributed by atoms with Gasteiger partial charge in [-0.3, -0.25) is 0 Å². The number of hydrogen-bond acceptors (Lipinski definition) is 6. The van der Waals surface area contributed by atoms with Gasteiger partial charge in [0.25, 0.3) is 0 Å². The molecule has 0 spiro atoms. The second-order valence-corrected chi connectivity index (χ2v) is 5.86. The standard InChI is InChI=1S/C17H35BrO6/c1-2-3-4-6-19-8-10-21-12-14-23-16-17-24-15-13-22-11-9-20-7-5-18/h2-17H2,1H3. The molecule has 0 aromatic heterocycles. The number of rotatable bonds is 21. The van der Waals surface area contributed by atoms with Gasteiger partial charge >= 0.3 is 0 Å². The lowest BCUT2D eigenvalue weighted by Gasteiger charge is -2.08. The second-order valence-electron chi connectivity index (χ2n) is 5.07. The average molecular weight is 415 g/mol. The van der Waals surface area contributed by atoms with E-state index in [2.05, 4.69) is 22.9 Å². The highest BCUT2D eigenvalue weighted by atomic mass is 79.9. The smallest absolute Gasteiger partial charge is 0.0701 e. The summed E-state index contributed by atoms with van der Waals surface area (Å²) in [6, 6.07) is 0. The maximum Gasteiger partial charge on any atom is 0.0701 e. The van der Waals surface area contributed by atoms with Crippen LogP contribution in [0.2, 0.25) is 0 Å². The minimum absolute atomic E-state index is 0.573. The van der Waals surface area contributed by atoms with Crippen molar-refractivity contribution in [2.24, 2.45) is 0 Å². The quantitative estimate of drug-likeness (QED) is 0.212. The van der Waals surface area contributed by atoms with Crippen LogP contribution in [0.15, 0.2) is 0 Å². The van der Waals surface area contributed by atoms with Crippen molar-refractivity contribution in [3.05, 3.63) is 0 Å². The number of unbranched alkanes of at least 4 members (excludes halogenated alkanes) is 2. The third-order valence-electron chi connectivity index (χ3n) is 2.97. The van der Waals surface area contributed by atoms with Gasteiger partial charge in [-0.2, -0.15) is 0 Å². The van der Waals surface area contributed by atoms with Crippen molar-refractivity contribution in [2.45, 2.75) is 26.2 Å². The van der Waals surface area contributed by atoms with Gasteiger partial charge in [-0.25, -0.2) is 0 Å². The third-order valence-corrected chi connectivity index (χ3v) is 3.30. The molecular weight excluding hydrogens is 380 g/mol. The minimum atomic E-state index is 0.573. The fourth-order valence-electron chi connectivity index (χ4n) is 1.71. The molecule has 6 nitrogen and oxygen atoms in total. The molecule has 0 aromatic carbocycles. The average Bonchev–Trinajstić information content (AvgIpc) is 2.60. The molecule has 0 rings (SSSR count). The number of ether oxygens (including phenoxy) is 6. The van der Waals surface area contributed by atoms with Crippen molar-refractivity contribution in [1.29, 1.82) is 0 Å². The van der Waals surface area contributed by atoms with Gasteiger partial charge < -0.3 is 28.4 Å². The Bertz CT molecular complexity index is 199. The van der Waals surface area contributed by atoms with E-state index in [9.17, 15) is 0 Å². The van der Waals surface area contributed by atoms with Gasteiger partial charge in [0.2, 0.25) is 0 Å². The van der Waals surface area contributed by atoms with Crippen molar-refractivity contribution in [2.75, 3.05) is 84.6 Å². The van der Waals surface area contributed by atoms with Gasteiger partial charge in [-0.15, -0.1) is 0 Å². The first kappa shape index (κ1) is 24.2. The van der Waals surface area contributed by atoms with E-state index in [0.717, 1.165) is 18.4 Å². The van der Waals surface area contributed by atoms with E-state index in [1.165, 1.54) is 12.8 Å². The molecule has 0 atom stereocenters. The molecule has 0 saturated heterocycles. The van der Waals surface area contributed by atoms with Crippen molar-refractivity contribution in [1.82, 2.24) is 0 Å². The Morgan fingerprint density at radius 2 is 0.792 bits per heavy atom. The van der Waals surface area contributed by atoms with Crippen LogP contribution in [0, 0.1) is 0 Å². The third kappa shape index (κ3) is 22.2. The van der Waals surface area contributed by atoms with Crippen LogP contribution >= 0.6 is 15.9 Å². The molecule has 0 bridgehead atoms. The van der Waals surface area contributed by atoms with Crippen LogP contribution in [-0.2, 0) is 28.4 Å². The topological polar surface area (TPSA) is 55.4 Å². The fraction of sp³-hybridized carbons (Fsp3) is 1.00. The summed E-state index contributed by atoms with van der Waals surface area (Å²) in [7, 11) is 0. The highest BCUT2D eigenvalue weighted by Crippen LogP contribution is 1.93. The molecule has 7 heteroatoms. The summed E-state index contributed by atoms with van der Waals surface area (Å²) in [5.74, 6) is 0. The first-order valence-electron chi connectivity index (χ1n) is 8.94. The van der Waals surface area contributed by atoms with E-state index in [-0.39, 0.29) is 0 Å². The SMILES string of the molecule is CCCCCOCCOCCOCCOCCOCCOCCBr. The Morgan fingerprint density at radius 3 is 1.12 bits per heavy atom. The van der Waals surface area contributed by atoms with Gasteiger partial charge in [0.15, 0.2) is 0 Å². The molecule has 0 N–H and O–H groups in total. The number of halogens is 1. The molecule has 0 saturated carbocycles. The van der Waals surface area contributed by atoms with Crippen LogP contribution in [0.1, 0.15) is 26.2 Å². The molecular formula is C17H35BrO6. The van der Waals surface area contributed by atoms with Crippen LogP contribution in [0.5, 0.6) is 0 Å². The summed E-state index contributed by atoms with van der Waals surface area (Å²) in [5.41, 5.74) is 0. The Hall–Kier alpha value is 0.240. The molecule has 0 radical (unpaired) electrons. The Kier molecular flexibility index (Phi) is 23.5. The van der Waals surface area contributed by atoms with E-state index in [1.807, 2.05) is 0 Å². The molecule has 0 aliphatic carbocycles. The van der Waals surface area contributed by atoms with Crippen molar-refractivity contribution in [3.8, 4) is 0 Å². The molecule has 0 aromatic rings. The monoisotopic (exact) mass is 414 g/mol. The summed E-state index contributed by atoms with van der Waals surface area (Å²) < 4.78 is 32.3. The second kappa shape index (κ2) is 23.2. The predicted octanol–water partition coefficient (Wildman–Crippen LogP) is 2.67. The van der Waals surface area contributed by atoms with E-state index >= 15 is 0 Å². The molecule has 0 heterocycles. The van der Waals surface area contributed by atoms with Gasteiger partial charge in [0, 0.05) is 11.9 Å². The zero-order valence-electron chi connectivity index (χ0n) is 15.1. The summed E-state index contributed by atoms with van der Waals surface area (Å²) in [6.07, 6.45) is 3.59. The lowest BCUT2D eigenvalue weighted by atomic mass is 10.3. The maximum absolute atomic E-state index is 5.45. The first-order chi connectivity index (χ1) is 11.9. The van der Waals surface area contributed by atoms with Gasteiger partial charge in [-0.1, -0.05) is 35.7 Å². The van der Waals surface area contributed by atoms with E-state index in [1.54, 1.807) is 0 Å². The molecule has 24 heavy (non-hydrogen) atoms. The summed E-state index contributed by atoms with van der Waals surface area (Å²) in [5, 5.41) is 0.855. The normalized spacial score (nSPS) is 11.2. The molecule has 0 amide bonds. The highest BCUT2D eigenvalue weighted by Gasteiger charge is 1.94. The highest BCUT2D eigenvalue weighted by molar-refractivity contribution is 9.09. The predicted molar refractivity (Wildman–Crippen MR) is 98.2 cm³/mol. The summed E-state index contributed by atoms with van der Waals surface area (Å²) in [4.78, 5) is 0. The zero-order valence-corrected chi connectivity index (χ0v) is 16.7. The lowest BCUT2D eigenvalue weighted by molar-refractivity contribution is -0.0162. The minimum Gasteiger partial charge on any atom is -0.379 e. The van der Waals surface area contributed by atoms with Crippen molar-refractivity contribution in [3.63, 3.8) is 0 Å². The van der Waals surface area contributed by atoms with Crippen molar-refractivity contribution < 1.29 is 28.4 Å². The van der Waals surface area contributed by atoms with E-state index in [4.69, 9.17) is 28.4 Å². The fourth-order valence-corrected chi connectivity index (χ4v) is 1.94. The molecule has 0 fully saturated rings. The summed E-state index contributed by atoms with van der Waals surface area (Å²) in [6.45, 7) is 9.73. The number of alkyl halides is 1. The van der Waals surface area contributed by atoms with Crippen LogP contribution in [-0.4, -0.2) is 84.6 Å². The van der Waals surface area contributed by atoms with Crippen LogP contribution in [0.4, 0.5) is 0 Å². The van der Waals surface area contributed by atoms with E-state index < -0.39 is 0 Å². The molecule has 146 valence electrons. The Labute approximate surface area is 155 Å². The van der Waals surface area contributed by atoms with Gasteiger partial charge in [-0.05, 0) is 6.42 Å². The van der Waals surface area contributed by atoms with E-state index in [0.29, 0.717) is 72.7 Å². The van der Waals surface area contributed by atoms with Crippen molar-refractivity contribution >= 4 is 15.9 Å². The number of hydrogen-bond donors (Lipinski definition) is 0. The van der Waals surface area contributed by atoms with Gasteiger partial charge in [0.05, 0.1) is 72.7 Å². The summed E-state index contributed by atoms with van der Waals surface area (Å²) >= 11 is 3.29. The Morgan fingerprint density at radius 1 is 0.458 bits per heavy atom. The van der Waals surface area contributed by atoms with Crippen LogP contribution in [0.25, 0.3) is 0 Å². The Balaban J connectivity index is 2.93. The van der Waals surface area contributed by atoms with Crippen LogP contribution in [0.3, 0.4) is 0 Å². The molecule has 0 unspecified atom stereocenters. The largest absolute Gasteiger partial charge is 0.379 e. The molecule has 0 aliphatic heterocycles.